The number of nitrogens with one attached hydrogen (secondary N) is 1. The Morgan fingerprint density at radius 3 is 2.30 bits per heavy atom. The van der Waals surface area contributed by atoms with Crippen molar-refractivity contribution in [3.8, 4) is 0 Å². The van der Waals surface area contributed by atoms with Gasteiger partial charge < -0.3 is 10.2 Å². The molecule has 0 saturated heterocycles. The lowest BCUT2D eigenvalue weighted by Crippen LogP contribution is -2.49. The molecule has 0 radical (unpaired) electrons. The zero-order chi connectivity index (χ0) is 22.3. The summed E-state index contributed by atoms with van der Waals surface area (Å²) in [5.41, 5.74) is 4.55. The summed E-state index contributed by atoms with van der Waals surface area (Å²) in [6.45, 7) is 10.1. The second-order valence-corrected chi connectivity index (χ2v) is 9.40. The first-order valence-electron chi connectivity index (χ1n) is 10.1. The van der Waals surface area contributed by atoms with Crippen LogP contribution in [0.15, 0.2) is 42.5 Å². The van der Waals surface area contributed by atoms with Crippen molar-refractivity contribution in [2.24, 2.45) is 0 Å². The van der Waals surface area contributed by atoms with E-state index in [9.17, 15) is 9.59 Å². The van der Waals surface area contributed by atoms with Crippen LogP contribution in [0.3, 0.4) is 0 Å². The third-order valence-electron chi connectivity index (χ3n) is 4.62. The lowest BCUT2D eigenvalue weighted by Gasteiger charge is -2.29. The van der Waals surface area contributed by atoms with Crippen molar-refractivity contribution < 1.29 is 9.59 Å². The van der Waals surface area contributed by atoms with Crippen molar-refractivity contribution >= 4 is 35.2 Å². The Morgan fingerprint density at radius 1 is 1.03 bits per heavy atom. The van der Waals surface area contributed by atoms with E-state index in [2.05, 4.69) is 37.4 Å². The Hall–Kier alpha value is -1.98. The fourth-order valence-electron chi connectivity index (χ4n) is 3.31. The molecule has 0 fully saturated rings. The Morgan fingerprint density at radius 2 is 1.70 bits per heavy atom. The predicted octanol–water partition coefficient (Wildman–Crippen LogP) is 5.13. The molecule has 162 valence electrons. The first-order chi connectivity index (χ1) is 14.2. The number of hydrogen-bond acceptors (Lipinski definition) is 3. The Bertz CT molecular complexity index is 865. The Balaban J connectivity index is 2.09. The van der Waals surface area contributed by atoms with Gasteiger partial charge in [0, 0.05) is 23.4 Å². The van der Waals surface area contributed by atoms with Crippen LogP contribution in [-0.2, 0) is 21.9 Å². The summed E-state index contributed by atoms with van der Waals surface area (Å²) in [6, 6.07) is 13.3. The van der Waals surface area contributed by atoms with E-state index in [0.717, 1.165) is 11.3 Å². The zero-order valence-corrected chi connectivity index (χ0v) is 19.9. The van der Waals surface area contributed by atoms with Crippen LogP contribution in [0.1, 0.15) is 43.0 Å². The molecule has 4 nitrogen and oxygen atoms in total. The van der Waals surface area contributed by atoms with Crippen LogP contribution in [0.2, 0.25) is 5.02 Å². The van der Waals surface area contributed by atoms with E-state index in [1.165, 1.54) is 16.7 Å². The van der Waals surface area contributed by atoms with E-state index in [0.29, 0.717) is 17.3 Å². The number of carbonyl (C=O) groups excluding carboxylic acids is 2. The van der Waals surface area contributed by atoms with Gasteiger partial charge in [-0.25, -0.2) is 0 Å². The minimum Gasteiger partial charge on any atom is -0.352 e. The molecule has 0 aromatic heterocycles. The number of nitrogens with zero attached hydrogens (tertiary/aromatic N) is 1. The van der Waals surface area contributed by atoms with E-state index in [1.807, 2.05) is 32.0 Å². The van der Waals surface area contributed by atoms with Gasteiger partial charge in [-0.05, 0) is 57.9 Å². The van der Waals surface area contributed by atoms with Gasteiger partial charge in [-0.2, -0.15) is 0 Å². The lowest BCUT2D eigenvalue weighted by molar-refractivity contribution is -0.138. The van der Waals surface area contributed by atoms with Crippen LogP contribution in [0, 0.1) is 13.8 Å². The SMILES string of the molecule is Cc1cc(C)cc(CSCC(=O)N(Cc2cccc(Cl)c2)[C@@H](C)C(=O)NC(C)C)c1. The Labute approximate surface area is 189 Å². The number of carbonyl (C=O) groups is 2. The molecule has 2 aromatic rings. The van der Waals surface area contributed by atoms with Gasteiger partial charge in [0.1, 0.15) is 6.04 Å². The van der Waals surface area contributed by atoms with Gasteiger partial charge in [-0.15, -0.1) is 11.8 Å². The normalized spacial score (nSPS) is 12.0. The van der Waals surface area contributed by atoms with Crippen molar-refractivity contribution in [2.45, 2.75) is 59.0 Å². The monoisotopic (exact) mass is 446 g/mol. The maximum atomic E-state index is 13.1. The highest BCUT2D eigenvalue weighted by Crippen LogP contribution is 2.19. The molecule has 0 aliphatic carbocycles. The van der Waals surface area contributed by atoms with Crippen LogP contribution < -0.4 is 5.32 Å². The molecule has 6 heteroatoms. The van der Waals surface area contributed by atoms with Crippen molar-refractivity contribution in [3.05, 3.63) is 69.7 Å². The number of rotatable bonds is 9. The molecule has 1 N–H and O–H groups in total. The van der Waals surface area contributed by atoms with Crippen molar-refractivity contribution in [1.29, 1.82) is 0 Å². The van der Waals surface area contributed by atoms with Gasteiger partial charge in [0.2, 0.25) is 11.8 Å². The predicted molar refractivity (Wildman–Crippen MR) is 127 cm³/mol. The molecule has 2 rings (SSSR count). The first-order valence-corrected chi connectivity index (χ1v) is 11.7. The summed E-state index contributed by atoms with van der Waals surface area (Å²) in [7, 11) is 0. The molecular weight excluding hydrogens is 416 g/mol. The van der Waals surface area contributed by atoms with Crippen LogP contribution in [-0.4, -0.2) is 34.6 Å². The summed E-state index contributed by atoms with van der Waals surface area (Å²) in [5, 5.41) is 3.52. The second kappa shape index (κ2) is 11.4. The minimum atomic E-state index is -0.569. The summed E-state index contributed by atoms with van der Waals surface area (Å²) in [4.78, 5) is 27.3. The van der Waals surface area contributed by atoms with Gasteiger partial charge in [-0.1, -0.05) is 53.1 Å². The van der Waals surface area contributed by atoms with E-state index in [4.69, 9.17) is 11.6 Å². The van der Waals surface area contributed by atoms with E-state index in [-0.39, 0.29) is 17.9 Å². The third kappa shape index (κ3) is 7.69. The quantitative estimate of drug-likeness (QED) is 0.580. The van der Waals surface area contributed by atoms with Crippen molar-refractivity contribution in [3.63, 3.8) is 0 Å². The van der Waals surface area contributed by atoms with Gasteiger partial charge >= 0.3 is 0 Å². The molecule has 0 aliphatic heterocycles. The Kier molecular flexibility index (Phi) is 9.25. The van der Waals surface area contributed by atoms with E-state index < -0.39 is 6.04 Å². The van der Waals surface area contributed by atoms with E-state index in [1.54, 1.807) is 29.7 Å². The van der Waals surface area contributed by atoms with Gasteiger partial charge in [0.05, 0.1) is 5.75 Å². The molecule has 1 atom stereocenters. The summed E-state index contributed by atoms with van der Waals surface area (Å²) in [5.74, 6) is 0.856. The fourth-order valence-corrected chi connectivity index (χ4v) is 4.37. The highest BCUT2D eigenvalue weighted by Gasteiger charge is 2.26. The highest BCUT2D eigenvalue weighted by molar-refractivity contribution is 7.99. The summed E-state index contributed by atoms with van der Waals surface area (Å²) >= 11 is 7.68. The number of thioether (sulfide) groups is 1. The zero-order valence-electron chi connectivity index (χ0n) is 18.4. The minimum absolute atomic E-state index is 0.0157. The number of hydrogen-bond donors (Lipinski definition) is 1. The van der Waals surface area contributed by atoms with Gasteiger partial charge in [-0.3, -0.25) is 9.59 Å². The lowest BCUT2D eigenvalue weighted by atomic mass is 10.1. The van der Waals surface area contributed by atoms with E-state index >= 15 is 0 Å². The molecule has 30 heavy (non-hydrogen) atoms. The summed E-state index contributed by atoms with van der Waals surface area (Å²) < 4.78 is 0. The molecule has 0 heterocycles. The fraction of sp³-hybridized carbons (Fsp3) is 0.417. The van der Waals surface area contributed by atoms with Gasteiger partial charge in [0.25, 0.3) is 0 Å². The number of halogens is 1. The first kappa shape index (κ1) is 24.3. The highest BCUT2D eigenvalue weighted by atomic mass is 35.5. The van der Waals surface area contributed by atoms with Crippen LogP contribution in [0.5, 0.6) is 0 Å². The average molecular weight is 447 g/mol. The largest absolute Gasteiger partial charge is 0.352 e. The molecule has 0 unspecified atom stereocenters. The topological polar surface area (TPSA) is 49.4 Å². The van der Waals surface area contributed by atoms with Crippen LogP contribution in [0.25, 0.3) is 0 Å². The molecule has 0 saturated carbocycles. The molecule has 2 amide bonds. The van der Waals surface area contributed by atoms with Crippen LogP contribution in [0.4, 0.5) is 0 Å². The number of amides is 2. The second-order valence-electron chi connectivity index (χ2n) is 7.98. The van der Waals surface area contributed by atoms with Crippen molar-refractivity contribution in [2.75, 3.05) is 5.75 Å². The third-order valence-corrected chi connectivity index (χ3v) is 5.84. The summed E-state index contributed by atoms with van der Waals surface area (Å²) in [6.07, 6.45) is 0. The molecular formula is C24H31ClN2O2S. The standard InChI is InChI=1S/C24H31ClN2O2S/c1-16(2)26-24(29)19(5)27(13-20-7-6-8-22(25)12-20)23(28)15-30-14-21-10-17(3)9-18(4)11-21/h6-12,16,19H,13-15H2,1-5H3,(H,26,29)/t19-/m0/s1. The maximum Gasteiger partial charge on any atom is 0.242 e. The smallest absolute Gasteiger partial charge is 0.242 e. The molecule has 0 aliphatic rings. The molecule has 2 aromatic carbocycles. The molecule has 0 spiro atoms. The molecule has 0 bridgehead atoms. The number of aryl methyl sites for hydroxylation is 2. The average Bonchev–Trinajstić information content (AvgIpc) is 2.64. The van der Waals surface area contributed by atoms with Crippen LogP contribution >= 0.6 is 23.4 Å². The van der Waals surface area contributed by atoms with Gasteiger partial charge in [0.15, 0.2) is 0 Å². The number of benzene rings is 2. The maximum absolute atomic E-state index is 13.1. The van der Waals surface area contributed by atoms with Crippen molar-refractivity contribution in [1.82, 2.24) is 10.2 Å².